The van der Waals surface area contributed by atoms with Crippen molar-refractivity contribution < 1.29 is 22.3 Å². The van der Waals surface area contributed by atoms with Gasteiger partial charge in [-0.2, -0.15) is 13.2 Å². The van der Waals surface area contributed by atoms with Gasteiger partial charge >= 0.3 is 6.18 Å². The Labute approximate surface area is 108 Å². The van der Waals surface area contributed by atoms with E-state index in [9.17, 15) is 17.6 Å². The lowest BCUT2D eigenvalue weighted by atomic mass is 10.1. The molecular weight excluding hydrogens is 262 g/mol. The van der Waals surface area contributed by atoms with Crippen LogP contribution >= 0.6 is 0 Å². The van der Waals surface area contributed by atoms with Gasteiger partial charge in [0.05, 0.1) is 12.2 Å². The maximum atomic E-state index is 13.1. The fourth-order valence-electron chi connectivity index (χ4n) is 2.06. The second kappa shape index (κ2) is 5.88. The molecule has 0 aliphatic carbocycles. The summed E-state index contributed by atoms with van der Waals surface area (Å²) in [7, 11) is 0. The van der Waals surface area contributed by atoms with Gasteiger partial charge in [-0.25, -0.2) is 4.39 Å². The third-order valence-electron chi connectivity index (χ3n) is 3.12. The zero-order valence-electron chi connectivity index (χ0n) is 10.3. The first-order valence-electron chi connectivity index (χ1n) is 6.11. The molecule has 1 heterocycles. The number of benzene rings is 1. The van der Waals surface area contributed by atoms with Crippen molar-refractivity contribution >= 4 is 0 Å². The molecule has 0 aromatic heterocycles. The van der Waals surface area contributed by atoms with Gasteiger partial charge in [0.2, 0.25) is 0 Å². The van der Waals surface area contributed by atoms with E-state index in [1.807, 2.05) is 0 Å². The zero-order chi connectivity index (χ0) is 13.9. The first kappa shape index (κ1) is 14.3. The summed E-state index contributed by atoms with van der Waals surface area (Å²) in [5.74, 6) is -0.831. The molecule has 106 valence electrons. The maximum absolute atomic E-state index is 13.1. The Morgan fingerprint density at radius 2 is 2.11 bits per heavy atom. The topological polar surface area (TPSA) is 21.3 Å². The highest BCUT2D eigenvalue weighted by Gasteiger charge is 2.34. The number of hydrogen-bond acceptors (Lipinski definition) is 2. The molecule has 6 heteroatoms. The highest BCUT2D eigenvalue weighted by atomic mass is 19.4. The Kier molecular flexibility index (Phi) is 4.42. The third-order valence-corrected chi connectivity index (χ3v) is 3.12. The van der Waals surface area contributed by atoms with Gasteiger partial charge in [0.1, 0.15) is 5.82 Å². The summed E-state index contributed by atoms with van der Waals surface area (Å²) >= 11 is 0. The van der Waals surface area contributed by atoms with E-state index in [4.69, 9.17) is 4.74 Å². The molecule has 1 atom stereocenters. The van der Waals surface area contributed by atoms with Crippen molar-refractivity contribution in [2.24, 2.45) is 5.92 Å². The minimum absolute atomic E-state index is 0.292. The fourth-order valence-corrected chi connectivity index (χ4v) is 2.06. The van der Waals surface area contributed by atoms with E-state index in [-0.39, 0.29) is 0 Å². The van der Waals surface area contributed by atoms with Gasteiger partial charge < -0.3 is 10.1 Å². The van der Waals surface area contributed by atoms with Gasteiger partial charge in [-0.15, -0.1) is 0 Å². The van der Waals surface area contributed by atoms with Crippen LogP contribution in [0.5, 0.6) is 0 Å². The largest absolute Gasteiger partial charge is 0.419 e. The minimum Gasteiger partial charge on any atom is -0.381 e. The predicted octanol–water partition coefficient (Wildman–Crippen LogP) is 2.97. The highest BCUT2D eigenvalue weighted by molar-refractivity contribution is 5.27. The molecule has 1 unspecified atom stereocenters. The second-order valence-corrected chi connectivity index (χ2v) is 4.67. The van der Waals surface area contributed by atoms with Gasteiger partial charge in [-0.05, 0) is 30.0 Å². The van der Waals surface area contributed by atoms with Gasteiger partial charge in [-0.1, -0.05) is 6.07 Å². The van der Waals surface area contributed by atoms with Crippen LogP contribution in [0, 0.1) is 11.7 Å². The second-order valence-electron chi connectivity index (χ2n) is 4.67. The summed E-state index contributed by atoms with van der Waals surface area (Å²) in [5.41, 5.74) is -0.788. The molecule has 19 heavy (non-hydrogen) atoms. The monoisotopic (exact) mass is 277 g/mol. The number of alkyl halides is 3. The third kappa shape index (κ3) is 3.91. The van der Waals surface area contributed by atoms with Crippen LogP contribution < -0.4 is 5.32 Å². The van der Waals surface area contributed by atoms with Crippen LogP contribution in [0.1, 0.15) is 17.5 Å². The lowest BCUT2D eigenvalue weighted by molar-refractivity contribution is -0.140. The number of hydrogen-bond donors (Lipinski definition) is 1. The van der Waals surface area contributed by atoms with Gasteiger partial charge in [0.25, 0.3) is 0 Å². The van der Waals surface area contributed by atoms with Crippen molar-refractivity contribution in [3.05, 3.63) is 35.1 Å². The Hall–Kier alpha value is -1.14. The molecule has 1 fully saturated rings. The molecule has 1 N–H and O–H groups in total. The Morgan fingerprint density at radius 3 is 2.74 bits per heavy atom. The summed E-state index contributed by atoms with van der Waals surface area (Å²) in [6, 6.07) is 3.08. The quantitative estimate of drug-likeness (QED) is 0.854. The fraction of sp³-hybridized carbons (Fsp3) is 0.538. The number of ether oxygens (including phenoxy) is 1. The molecule has 1 aliphatic rings. The lowest BCUT2D eigenvalue weighted by Crippen LogP contribution is -2.23. The first-order valence-corrected chi connectivity index (χ1v) is 6.11. The SMILES string of the molecule is Fc1ccc(CNCC2CCOC2)cc1C(F)(F)F. The Morgan fingerprint density at radius 1 is 1.32 bits per heavy atom. The van der Waals surface area contributed by atoms with Gasteiger partial charge in [0, 0.05) is 19.7 Å². The van der Waals surface area contributed by atoms with Crippen LogP contribution in [0.25, 0.3) is 0 Å². The van der Waals surface area contributed by atoms with Crippen molar-refractivity contribution in [3.8, 4) is 0 Å². The van der Waals surface area contributed by atoms with E-state index >= 15 is 0 Å². The average molecular weight is 277 g/mol. The Balaban J connectivity index is 1.93. The van der Waals surface area contributed by atoms with E-state index in [0.29, 0.717) is 31.2 Å². The molecule has 1 saturated heterocycles. The smallest absolute Gasteiger partial charge is 0.381 e. The average Bonchev–Trinajstić information content (AvgIpc) is 2.83. The molecule has 0 spiro atoms. The van der Waals surface area contributed by atoms with Gasteiger partial charge in [-0.3, -0.25) is 0 Å². The standard InChI is InChI=1S/C13H15F4NO/c14-12-2-1-9(5-11(12)13(15,16)17)6-18-7-10-3-4-19-8-10/h1-2,5,10,18H,3-4,6-8H2. The van der Waals surface area contributed by atoms with Crippen molar-refractivity contribution in [2.45, 2.75) is 19.1 Å². The van der Waals surface area contributed by atoms with Crippen LogP contribution in [0.4, 0.5) is 17.6 Å². The minimum atomic E-state index is -4.65. The normalized spacial score (nSPS) is 19.9. The molecule has 0 saturated carbocycles. The lowest BCUT2D eigenvalue weighted by Gasteiger charge is -2.12. The molecule has 2 nitrogen and oxygen atoms in total. The van der Waals surface area contributed by atoms with E-state index in [1.165, 1.54) is 6.07 Å². The number of halogens is 4. The Bertz CT molecular complexity index is 427. The molecule has 0 amide bonds. The van der Waals surface area contributed by atoms with Crippen LogP contribution in [0.15, 0.2) is 18.2 Å². The summed E-state index contributed by atoms with van der Waals surface area (Å²) in [4.78, 5) is 0. The van der Waals surface area contributed by atoms with Crippen molar-refractivity contribution in [1.29, 1.82) is 0 Å². The van der Waals surface area contributed by atoms with Crippen LogP contribution in [0.2, 0.25) is 0 Å². The van der Waals surface area contributed by atoms with Gasteiger partial charge in [0.15, 0.2) is 0 Å². The highest BCUT2D eigenvalue weighted by Crippen LogP contribution is 2.31. The van der Waals surface area contributed by atoms with Crippen LogP contribution in [-0.4, -0.2) is 19.8 Å². The van der Waals surface area contributed by atoms with E-state index in [1.54, 1.807) is 0 Å². The van der Waals surface area contributed by atoms with E-state index < -0.39 is 17.6 Å². The van der Waals surface area contributed by atoms with Crippen molar-refractivity contribution in [2.75, 3.05) is 19.8 Å². The molecule has 1 aromatic rings. The molecule has 0 radical (unpaired) electrons. The summed E-state index contributed by atoms with van der Waals surface area (Å²) < 4.78 is 55.8. The molecule has 0 bridgehead atoms. The number of rotatable bonds is 4. The van der Waals surface area contributed by atoms with Crippen molar-refractivity contribution in [1.82, 2.24) is 5.32 Å². The summed E-state index contributed by atoms with van der Waals surface area (Å²) in [6.07, 6.45) is -3.69. The van der Waals surface area contributed by atoms with Crippen LogP contribution in [0.3, 0.4) is 0 Å². The van der Waals surface area contributed by atoms with Crippen LogP contribution in [-0.2, 0) is 17.5 Å². The summed E-state index contributed by atoms with van der Waals surface area (Å²) in [6.45, 7) is 2.41. The number of nitrogens with one attached hydrogen (secondary N) is 1. The van der Waals surface area contributed by atoms with E-state index in [2.05, 4.69) is 5.32 Å². The predicted molar refractivity (Wildman–Crippen MR) is 62.0 cm³/mol. The molecular formula is C13H15F4NO. The molecule has 1 aliphatic heterocycles. The zero-order valence-corrected chi connectivity index (χ0v) is 10.3. The maximum Gasteiger partial charge on any atom is 0.419 e. The van der Waals surface area contributed by atoms with Crippen molar-refractivity contribution in [3.63, 3.8) is 0 Å². The molecule has 1 aromatic carbocycles. The van der Waals surface area contributed by atoms with E-state index in [0.717, 1.165) is 25.2 Å². The summed E-state index contributed by atoms with van der Waals surface area (Å²) in [5, 5.41) is 3.07. The molecule has 2 rings (SSSR count). The first-order chi connectivity index (χ1) is 8.97.